The first-order valence-electron chi connectivity index (χ1n) is 6.95. The molecule has 22 heavy (non-hydrogen) atoms. The Kier molecular flexibility index (Phi) is 4.45. The van der Waals surface area contributed by atoms with Crippen LogP contribution in [0.25, 0.3) is 0 Å². The number of hydrogen-bond acceptors (Lipinski definition) is 4. The highest BCUT2D eigenvalue weighted by Crippen LogP contribution is 2.21. The zero-order valence-electron chi connectivity index (χ0n) is 12.0. The van der Waals surface area contributed by atoms with Gasteiger partial charge in [-0.25, -0.2) is 0 Å². The number of oxime groups is 1. The van der Waals surface area contributed by atoms with Crippen molar-refractivity contribution < 1.29 is 9.63 Å². The maximum absolute atomic E-state index is 12.0. The van der Waals surface area contributed by atoms with Crippen LogP contribution in [-0.4, -0.2) is 24.3 Å². The predicted molar refractivity (Wildman–Crippen MR) is 88.9 cm³/mol. The minimum atomic E-state index is -0.135. The lowest BCUT2D eigenvalue weighted by atomic mass is 10.0. The van der Waals surface area contributed by atoms with Crippen LogP contribution in [0.1, 0.15) is 27.2 Å². The number of aryl methyl sites for hydroxylation is 1. The van der Waals surface area contributed by atoms with Crippen molar-refractivity contribution in [3.05, 3.63) is 56.7 Å². The molecule has 1 aromatic heterocycles. The first-order chi connectivity index (χ1) is 10.6. The largest absolute Gasteiger partial charge is 0.390 e. The summed E-state index contributed by atoms with van der Waals surface area (Å²) >= 11 is 7.09. The highest BCUT2D eigenvalue weighted by atomic mass is 35.5. The van der Waals surface area contributed by atoms with Gasteiger partial charge in [-0.05, 0) is 24.6 Å². The molecule has 0 fully saturated rings. The monoisotopic (exact) mass is 334 g/mol. The van der Waals surface area contributed by atoms with Crippen LogP contribution in [0.4, 0.5) is 0 Å². The summed E-state index contributed by atoms with van der Waals surface area (Å²) in [6.45, 7) is 2.47. The van der Waals surface area contributed by atoms with Crippen molar-refractivity contribution in [3.8, 4) is 0 Å². The molecule has 0 bridgehead atoms. The van der Waals surface area contributed by atoms with Crippen LogP contribution < -0.4 is 5.32 Å². The van der Waals surface area contributed by atoms with Gasteiger partial charge in [-0.1, -0.05) is 46.6 Å². The molecule has 0 aliphatic carbocycles. The molecular formula is C16H15ClN2O2S. The summed E-state index contributed by atoms with van der Waals surface area (Å²) in [5.74, 6) is -0.135. The molecule has 114 valence electrons. The molecule has 1 aromatic carbocycles. The Hall–Kier alpha value is -1.85. The van der Waals surface area contributed by atoms with E-state index in [1.54, 1.807) is 12.1 Å². The summed E-state index contributed by atoms with van der Waals surface area (Å²) in [6, 6.07) is 11.6. The lowest BCUT2D eigenvalue weighted by molar-refractivity contribution is 0.0755. The first-order valence-corrected chi connectivity index (χ1v) is 8.14. The van der Waals surface area contributed by atoms with Gasteiger partial charge < -0.3 is 10.2 Å². The van der Waals surface area contributed by atoms with E-state index in [1.807, 2.05) is 31.2 Å². The fourth-order valence-electron chi connectivity index (χ4n) is 2.18. The van der Waals surface area contributed by atoms with Crippen LogP contribution >= 0.6 is 22.9 Å². The molecule has 0 spiro atoms. The number of thiophene rings is 1. The maximum Gasteiger partial charge on any atom is 0.261 e. The van der Waals surface area contributed by atoms with Crippen molar-refractivity contribution in [3.63, 3.8) is 0 Å². The third-order valence-electron chi connectivity index (χ3n) is 3.41. The van der Waals surface area contributed by atoms with Crippen molar-refractivity contribution in [1.82, 2.24) is 5.32 Å². The van der Waals surface area contributed by atoms with E-state index < -0.39 is 0 Å². The summed E-state index contributed by atoms with van der Waals surface area (Å²) in [7, 11) is 0. The van der Waals surface area contributed by atoms with E-state index >= 15 is 0 Å². The fraction of sp³-hybridized carbons (Fsp3) is 0.250. The van der Waals surface area contributed by atoms with E-state index in [2.05, 4.69) is 10.5 Å². The quantitative estimate of drug-likeness (QED) is 0.928. The number of benzene rings is 1. The van der Waals surface area contributed by atoms with Gasteiger partial charge in [0.1, 0.15) is 6.10 Å². The van der Waals surface area contributed by atoms with Crippen molar-refractivity contribution >= 4 is 34.6 Å². The highest BCUT2D eigenvalue weighted by Gasteiger charge is 2.23. The molecule has 6 heteroatoms. The van der Waals surface area contributed by atoms with Gasteiger partial charge in [0.25, 0.3) is 5.91 Å². The Morgan fingerprint density at radius 3 is 2.82 bits per heavy atom. The topological polar surface area (TPSA) is 50.7 Å². The van der Waals surface area contributed by atoms with Gasteiger partial charge in [-0.2, -0.15) is 0 Å². The molecule has 3 rings (SSSR count). The van der Waals surface area contributed by atoms with Gasteiger partial charge in [0.15, 0.2) is 0 Å². The molecule has 4 nitrogen and oxygen atoms in total. The van der Waals surface area contributed by atoms with Crippen LogP contribution in [-0.2, 0) is 4.84 Å². The third-order valence-corrected chi connectivity index (χ3v) is 4.63. The zero-order chi connectivity index (χ0) is 15.5. The SMILES string of the molecule is Cc1ccc(C2=NOC(CNC(=O)c3ccc(Cl)s3)C2)cc1. The average molecular weight is 335 g/mol. The summed E-state index contributed by atoms with van der Waals surface area (Å²) in [6.07, 6.45) is 0.560. The van der Waals surface area contributed by atoms with E-state index in [9.17, 15) is 4.79 Å². The van der Waals surface area contributed by atoms with Crippen molar-refractivity contribution in [2.24, 2.45) is 5.16 Å². The zero-order valence-corrected chi connectivity index (χ0v) is 13.6. The number of hydrogen-bond donors (Lipinski definition) is 1. The molecule has 1 amide bonds. The number of nitrogens with one attached hydrogen (secondary N) is 1. The molecule has 0 saturated heterocycles. The van der Waals surface area contributed by atoms with E-state index in [0.29, 0.717) is 22.2 Å². The van der Waals surface area contributed by atoms with Gasteiger partial charge in [-0.3, -0.25) is 4.79 Å². The Morgan fingerprint density at radius 2 is 2.14 bits per heavy atom. The first kappa shape index (κ1) is 15.1. The van der Waals surface area contributed by atoms with Crippen LogP contribution in [0.15, 0.2) is 41.6 Å². The van der Waals surface area contributed by atoms with Crippen molar-refractivity contribution in [1.29, 1.82) is 0 Å². The van der Waals surface area contributed by atoms with Crippen LogP contribution in [0.3, 0.4) is 0 Å². The smallest absolute Gasteiger partial charge is 0.261 e. The molecule has 1 unspecified atom stereocenters. The third kappa shape index (κ3) is 3.48. The highest BCUT2D eigenvalue weighted by molar-refractivity contribution is 7.17. The minimum absolute atomic E-state index is 0.129. The van der Waals surface area contributed by atoms with Gasteiger partial charge in [0.2, 0.25) is 0 Å². The normalized spacial score (nSPS) is 17.0. The Morgan fingerprint density at radius 1 is 1.36 bits per heavy atom. The Labute approximate surface area is 137 Å². The summed E-state index contributed by atoms with van der Waals surface area (Å²) in [5, 5.41) is 6.97. The Balaban J connectivity index is 1.52. The number of halogens is 1. The molecule has 1 N–H and O–H groups in total. The van der Waals surface area contributed by atoms with Crippen LogP contribution in [0.5, 0.6) is 0 Å². The van der Waals surface area contributed by atoms with Gasteiger partial charge in [0, 0.05) is 6.42 Å². The summed E-state index contributed by atoms with van der Waals surface area (Å²) < 4.78 is 0.604. The Bertz CT molecular complexity index is 709. The molecule has 1 aliphatic rings. The second-order valence-corrected chi connectivity index (χ2v) is 6.86. The maximum atomic E-state index is 12.0. The van der Waals surface area contributed by atoms with E-state index in [1.165, 1.54) is 16.9 Å². The molecule has 1 atom stereocenters. The molecule has 1 aliphatic heterocycles. The number of carbonyl (C=O) groups is 1. The van der Waals surface area contributed by atoms with E-state index in [0.717, 1.165) is 11.3 Å². The lowest BCUT2D eigenvalue weighted by Crippen LogP contribution is -2.31. The molecule has 0 saturated carbocycles. The van der Waals surface area contributed by atoms with Crippen LogP contribution in [0, 0.1) is 6.92 Å². The second kappa shape index (κ2) is 6.50. The molecule has 2 aromatic rings. The number of rotatable bonds is 4. The second-order valence-electron chi connectivity index (χ2n) is 5.15. The van der Waals surface area contributed by atoms with Gasteiger partial charge in [-0.15, -0.1) is 11.3 Å². The summed E-state index contributed by atoms with van der Waals surface area (Å²) in [5.41, 5.74) is 3.18. The van der Waals surface area contributed by atoms with Gasteiger partial charge >= 0.3 is 0 Å². The number of amides is 1. The molecule has 0 radical (unpaired) electrons. The van der Waals surface area contributed by atoms with E-state index in [4.69, 9.17) is 16.4 Å². The summed E-state index contributed by atoms with van der Waals surface area (Å²) in [4.78, 5) is 17.9. The lowest BCUT2D eigenvalue weighted by Gasteiger charge is -2.09. The molecule has 2 heterocycles. The number of carbonyl (C=O) groups excluding carboxylic acids is 1. The van der Waals surface area contributed by atoms with E-state index in [-0.39, 0.29) is 12.0 Å². The van der Waals surface area contributed by atoms with Crippen LogP contribution in [0.2, 0.25) is 4.34 Å². The molecular weight excluding hydrogens is 320 g/mol. The number of nitrogens with zero attached hydrogens (tertiary/aromatic N) is 1. The minimum Gasteiger partial charge on any atom is -0.390 e. The van der Waals surface area contributed by atoms with Crippen molar-refractivity contribution in [2.75, 3.05) is 6.54 Å². The average Bonchev–Trinajstić information content (AvgIpc) is 3.15. The predicted octanol–water partition coefficient (Wildman–Crippen LogP) is 3.63. The van der Waals surface area contributed by atoms with Gasteiger partial charge in [0.05, 0.1) is 21.5 Å². The van der Waals surface area contributed by atoms with Crippen molar-refractivity contribution in [2.45, 2.75) is 19.4 Å². The fourth-order valence-corrected chi connectivity index (χ4v) is 3.14. The standard InChI is InChI=1S/C16H15ClN2O2S/c1-10-2-4-11(5-3-10)13-8-12(21-19-13)9-18-16(20)14-6-7-15(17)22-14/h2-7,12H,8-9H2,1H3,(H,18,20).